The van der Waals surface area contributed by atoms with Crippen molar-refractivity contribution >= 4 is 22.7 Å². The van der Waals surface area contributed by atoms with E-state index in [4.69, 9.17) is 15.3 Å². The molecule has 2 heterocycles. The molecule has 0 amide bonds. The van der Waals surface area contributed by atoms with Crippen LogP contribution in [0.1, 0.15) is 0 Å². The summed E-state index contributed by atoms with van der Waals surface area (Å²) in [4.78, 5) is 12.0. The lowest BCUT2D eigenvalue weighted by molar-refractivity contribution is 0.450. The number of aromatic nitrogens is 2. The first kappa shape index (κ1) is 13.4. The summed E-state index contributed by atoms with van der Waals surface area (Å²) in [6, 6.07) is 4.88. The van der Waals surface area contributed by atoms with Crippen molar-refractivity contribution in [2.75, 3.05) is 5.75 Å². The standard InChI is InChI=1S/C14H7FN2O3S/c1-2-5-21-14-17-16-13(20-14)12-7-10(18)9-6-8(15)3-4-11(9)19-12/h1,3-4,6-7H,5H2. The Hall–Kier alpha value is -2.59. The van der Waals surface area contributed by atoms with Crippen LogP contribution in [0.3, 0.4) is 0 Å². The first-order valence-corrected chi connectivity index (χ1v) is 6.79. The summed E-state index contributed by atoms with van der Waals surface area (Å²) in [5, 5.41) is 8.01. The summed E-state index contributed by atoms with van der Waals surface area (Å²) >= 11 is 1.20. The molecule has 0 aliphatic rings. The number of hydrogen-bond acceptors (Lipinski definition) is 6. The highest BCUT2D eigenvalue weighted by molar-refractivity contribution is 7.99. The molecule has 0 saturated carbocycles. The van der Waals surface area contributed by atoms with Gasteiger partial charge in [0.25, 0.3) is 11.1 Å². The molecule has 0 aliphatic heterocycles. The fraction of sp³-hybridized carbons (Fsp3) is 0.0714. The molecule has 3 aromatic rings. The molecule has 0 radical (unpaired) electrons. The van der Waals surface area contributed by atoms with Crippen LogP contribution in [0.4, 0.5) is 4.39 Å². The van der Waals surface area contributed by atoms with E-state index in [1.54, 1.807) is 0 Å². The average molecular weight is 302 g/mol. The third kappa shape index (κ3) is 2.66. The van der Waals surface area contributed by atoms with E-state index >= 15 is 0 Å². The van der Waals surface area contributed by atoms with E-state index in [1.807, 2.05) is 0 Å². The second-order valence-corrected chi connectivity index (χ2v) is 4.91. The van der Waals surface area contributed by atoms with Gasteiger partial charge >= 0.3 is 0 Å². The Labute approximate surface area is 122 Å². The fourth-order valence-corrected chi connectivity index (χ4v) is 2.15. The number of rotatable bonds is 3. The second kappa shape index (κ2) is 5.42. The van der Waals surface area contributed by atoms with Crippen LogP contribution < -0.4 is 5.43 Å². The number of thioether (sulfide) groups is 1. The lowest BCUT2D eigenvalue weighted by atomic mass is 10.2. The summed E-state index contributed by atoms with van der Waals surface area (Å²) in [5.41, 5.74) is -0.142. The number of terminal acetylenes is 1. The van der Waals surface area contributed by atoms with Gasteiger partial charge in [0.15, 0.2) is 11.2 Å². The predicted octanol–water partition coefficient (Wildman–Crippen LogP) is 2.71. The van der Waals surface area contributed by atoms with Gasteiger partial charge in [-0.05, 0) is 18.2 Å². The van der Waals surface area contributed by atoms with E-state index in [-0.39, 0.29) is 33.3 Å². The van der Waals surface area contributed by atoms with Crippen LogP contribution in [0.15, 0.2) is 43.1 Å². The molecule has 104 valence electrons. The Morgan fingerprint density at radius 1 is 1.29 bits per heavy atom. The smallest absolute Gasteiger partial charge is 0.284 e. The molecular weight excluding hydrogens is 295 g/mol. The second-order valence-electron chi connectivity index (χ2n) is 3.98. The molecule has 2 aromatic heterocycles. The number of fused-ring (bicyclic) bond motifs is 1. The monoisotopic (exact) mass is 302 g/mol. The Morgan fingerprint density at radius 3 is 2.95 bits per heavy atom. The number of halogens is 1. The lowest BCUT2D eigenvalue weighted by Crippen LogP contribution is -2.00. The van der Waals surface area contributed by atoms with Gasteiger partial charge in [-0.1, -0.05) is 17.7 Å². The van der Waals surface area contributed by atoms with Crippen molar-refractivity contribution in [3.63, 3.8) is 0 Å². The van der Waals surface area contributed by atoms with Crippen molar-refractivity contribution in [3.8, 4) is 24.0 Å². The van der Waals surface area contributed by atoms with Crippen LogP contribution in [-0.4, -0.2) is 16.0 Å². The van der Waals surface area contributed by atoms with Gasteiger partial charge in [0.2, 0.25) is 0 Å². The minimum atomic E-state index is -0.506. The van der Waals surface area contributed by atoms with Crippen molar-refractivity contribution in [2.45, 2.75) is 5.22 Å². The maximum absolute atomic E-state index is 13.1. The van der Waals surface area contributed by atoms with Crippen molar-refractivity contribution in [1.82, 2.24) is 10.2 Å². The van der Waals surface area contributed by atoms with Gasteiger partial charge in [-0.15, -0.1) is 16.6 Å². The molecule has 0 fully saturated rings. The van der Waals surface area contributed by atoms with Crippen LogP contribution in [-0.2, 0) is 0 Å². The number of nitrogens with zero attached hydrogens (tertiary/aromatic N) is 2. The Morgan fingerprint density at radius 2 is 2.14 bits per heavy atom. The van der Waals surface area contributed by atoms with Crippen LogP contribution in [0, 0.1) is 18.2 Å². The Kier molecular flexibility index (Phi) is 3.46. The highest BCUT2D eigenvalue weighted by Gasteiger charge is 2.14. The van der Waals surface area contributed by atoms with Crippen molar-refractivity contribution in [2.24, 2.45) is 0 Å². The van der Waals surface area contributed by atoms with Crippen LogP contribution >= 0.6 is 11.8 Å². The van der Waals surface area contributed by atoms with Crippen molar-refractivity contribution < 1.29 is 13.2 Å². The molecule has 7 heteroatoms. The van der Waals surface area contributed by atoms with Crippen LogP contribution in [0.2, 0.25) is 0 Å². The summed E-state index contributed by atoms with van der Waals surface area (Å²) in [5.74, 6) is 2.51. The molecule has 3 rings (SSSR count). The van der Waals surface area contributed by atoms with E-state index in [1.165, 1.54) is 30.0 Å². The molecule has 0 aliphatic carbocycles. The topological polar surface area (TPSA) is 69.1 Å². The third-order valence-electron chi connectivity index (χ3n) is 2.59. The largest absolute Gasteiger partial charge is 0.451 e. The molecular formula is C14H7FN2O3S. The minimum absolute atomic E-state index is 0.0675. The summed E-state index contributed by atoms with van der Waals surface area (Å²) in [6.45, 7) is 0. The SMILES string of the molecule is C#CCSc1nnc(-c2cc(=O)c3cc(F)ccc3o2)o1. The molecule has 0 unspecified atom stereocenters. The van der Waals surface area contributed by atoms with Gasteiger partial charge in [-0.25, -0.2) is 4.39 Å². The number of hydrogen-bond donors (Lipinski definition) is 0. The average Bonchev–Trinajstić information content (AvgIpc) is 2.94. The first-order valence-electron chi connectivity index (χ1n) is 5.81. The molecule has 0 saturated heterocycles. The maximum atomic E-state index is 13.1. The predicted molar refractivity (Wildman–Crippen MR) is 75.3 cm³/mol. The summed E-state index contributed by atoms with van der Waals surface area (Å²) in [6.07, 6.45) is 5.14. The zero-order valence-corrected chi connectivity index (χ0v) is 11.3. The summed E-state index contributed by atoms with van der Waals surface area (Å²) in [7, 11) is 0. The molecule has 0 atom stereocenters. The zero-order valence-electron chi connectivity index (χ0n) is 10.5. The zero-order chi connectivity index (χ0) is 14.8. The Bertz CT molecular complexity index is 910. The number of benzene rings is 1. The lowest BCUT2D eigenvalue weighted by Gasteiger charge is -1.99. The first-order chi connectivity index (χ1) is 10.2. The van der Waals surface area contributed by atoms with Gasteiger partial charge < -0.3 is 8.83 Å². The maximum Gasteiger partial charge on any atom is 0.284 e. The minimum Gasteiger partial charge on any atom is -0.451 e. The van der Waals surface area contributed by atoms with Gasteiger partial charge in [0, 0.05) is 6.07 Å². The summed E-state index contributed by atoms with van der Waals surface area (Å²) < 4.78 is 23.9. The quantitative estimate of drug-likeness (QED) is 0.547. The molecule has 5 nitrogen and oxygen atoms in total. The molecule has 0 N–H and O–H groups in total. The van der Waals surface area contributed by atoms with E-state index in [0.717, 1.165) is 6.07 Å². The third-order valence-corrected chi connectivity index (χ3v) is 3.31. The van der Waals surface area contributed by atoms with Crippen molar-refractivity contribution in [1.29, 1.82) is 0 Å². The fourth-order valence-electron chi connectivity index (χ4n) is 1.70. The van der Waals surface area contributed by atoms with E-state index in [0.29, 0.717) is 5.75 Å². The van der Waals surface area contributed by atoms with Gasteiger partial charge in [0.05, 0.1) is 11.1 Å². The highest BCUT2D eigenvalue weighted by Crippen LogP contribution is 2.24. The van der Waals surface area contributed by atoms with Gasteiger partial charge in [-0.2, -0.15) is 0 Å². The van der Waals surface area contributed by atoms with Crippen LogP contribution in [0.5, 0.6) is 0 Å². The molecule has 0 spiro atoms. The molecule has 0 bridgehead atoms. The van der Waals surface area contributed by atoms with E-state index in [9.17, 15) is 9.18 Å². The highest BCUT2D eigenvalue weighted by atomic mass is 32.2. The van der Waals surface area contributed by atoms with E-state index in [2.05, 4.69) is 16.1 Å². The van der Waals surface area contributed by atoms with E-state index < -0.39 is 5.82 Å². The van der Waals surface area contributed by atoms with Gasteiger partial charge in [0.1, 0.15) is 11.4 Å². The van der Waals surface area contributed by atoms with Crippen LogP contribution in [0.25, 0.3) is 22.6 Å². The normalized spacial score (nSPS) is 10.7. The molecule has 21 heavy (non-hydrogen) atoms. The molecule has 1 aromatic carbocycles. The Balaban J connectivity index is 2.05. The van der Waals surface area contributed by atoms with Gasteiger partial charge in [-0.3, -0.25) is 4.79 Å². The van der Waals surface area contributed by atoms with Crippen molar-refractivity contribution in [3.05, 3.63) is 40.3 Å².